The molecule has 0 N–H and O–H groups in total. The summed E-state index contributed by atoms with van der Waals surface area (Å²) >= 11 is 7.39. The van der Waals surface area contributed by atoms with E-state index >= 15 is 0 Å². The second-order valence-electron chi connectivity index (χ2n) is 5.22. The van der Waals surface area contributed by atoms with Gasteiger partial charge in [0.2, 0.25) is 0 Å². The minimum absolute atomic E-state index is 0.450. The number of aromatic nitrogens is 2. The Kier molecular flexibility index (Phi) is 5.19. The minimum atomic E-state index is 0.450. The average Bonchev–Trinajstić information content (AvgIpc) is 3.17. The molecule has 1 aliphatic rings. The van der Waals surface area contributed by atoms with E-state index < -0.39 is 0 Å². The molecule has 1 unspecified atom stereocenters. The number of nitrogens with zero attached hydrogens (tertiary/aromatic N) is 3. The van der Waals surface area contributed by atoms with Crippen molar-refractivity contribution in [2.24, 2.45) is 0 Å². The van der Waals surface area contributed by atoms with E-state index in [4.69, 9.17) is 16.3 Å². The second-order valence-corrected chi connectivity index (χ2v) is 6.57. The van der Waals surface area contributed by atoms with Crippen LogP contribution in [-0.2, 0) is 17.7 Å². The van der Waals surface area contributed by atoms with Gasteiger partial charge in [-0.05, 0) is 18.4 Å². The lowest BCUT2D eigenvalue weighted by Crippen LogP contribution is -2.37. The van der Waals surface area contributed by atoms with Crippen LogP contribution < -0.4 is 0 Å². The van der Waals surface area contributed by atoms with Crippen molar-refractivity contribution in [3.63, 3.8) is 0 Å². The van der Waals surface area contributed by atoms with Crippen LogP contribution in [0.3, 0.4) is 0 Å². The normalized spacial score (nSPS) is 18.5. The first kappa shape index (κ1) is 14.9. The van der Waals surface area contributed by atoms with Crippen LogP contribution in [-0.4, -0.2) is 40.3 Å². The number of benzene rings is 1. The molecule has 0 spiro atoms. The van der Waals surface area contributed by atoms with E-state index in [1.165, 1.54) is 17.1 Å². The fourth-order valence-electron chi connectivity index (χ4n) is 2.60. The van der Waals surface area contributed by atoms with E-state index in [0.717, 1.165) is 44.8 Å². The Balaban J connectivity index is 1.65. The van der Waals surface area contributed by atoms with Crippen LogP contribution in [0, 0.1) is 0 Å². The maximum absolute atomic E-state index is 6.14. The molecule has 1 saturated heterocycles. The van der Waals surface area contributed by atoms with Crippen LogP contribution >= 0.6 is 23.1 Å². The highest BCUT2D eigenvalue weighted by Gasteiger charge is 2.24. The summed E-state index contributed by atoms with van der Waals surface area (Å²) in [4.78, 5) is 2.42. The van der Waals surface area contributed by atoms with Gasteiger partial charge in [0, 0.05) is 37.3 Å². The lowest BCUT2D eigenvalue weighted by Gasteiger charge is -2.27. The van der Waals surface area contributed by atoms with Crippen LogP contribution in [0.15, 0.2) is 30.3 Å². The molecule has 0 radical (unpaired) electrons. The highest BCUT2D eigenvalue weighted by Crippen LogP contribution is 2.22. The van der Waals surface area contributed by atoms with E-state index in [0.29, 0.717) is 10.4 Å². The Morgan fingerprint density at radius 2 is 2.19 bits per heavy atom. The van der Waals surface area contributed by atoms with Crippen molar-refractivity contribution in [1.82, 2.24) is 14.5 Å². The standard InChI is InChI=1S/C15H18ClN3OS/c16-15-14(17-18-21-15)10-19(13-7-9-20-11-13)8-6-12-4-2-1-3-5-12/h1-5,13H,6-11H2. The van der Waals surface area contributed by atoms with Gasteiger partial charge in [-0.15, -0.1) is 5.10 Å². The first-order chi connectivity index (χ1) is 10.3. The predicted molar refractivity (Wildman–Crippen MR) is 84.7 cm³/mol. The molecule has 1 atom stereocenters. The predicted octanol–water partition coefficient (Wildman–Crippen LogP) is 3.03. The van der Waals surface area contributed by atoms with Gasteiger partial charge in [0.05, 0.1) is 6.61 Å². The van der Waals surface area contributed by atoms with E-state index in [1.54, 1.807) is 0 Å². The van der Waals surface area contributed by atoms with Crippen LogP contribution in [0.25, 0.3) is 0 Å². The molecule has 2 heterocycles. The van der Waals surface area contributed by atoms with Gasteiger partial charge in [-0.1, -0.05) is 46.4 Å². The zero-order chi connectivity index (χ0) is 14.5. The monoisotopic (exact) mass is 323 g/mol. The van der Waals surface area contributed by atoms with Gasteiger partial charge >= 0.3 is 0 Å². The molecule has 1 aromatic carbocycles. The van der Waals surface area contributed by atoms with Crippen molar-refractivity contribution in [3.8, 4) is 0 Å². The van der Waals surface area contributed by atoms with Gasteiger partial charge in [-0.25, -0.2) is 0 Å². The molecule has 0 bridgehead atoms. The molecular formula is C15H18ClN3OS. The number of hydrogen-bond donors (Lipinski definition) is 0. The van der Waals surface area contributed by atoms with Crippen LogP contribution in [0.1, 0.15) is 17.7 Å². The molecule has 6 heteroatoms. The van der Waals surface area contributed by atoms with Gasteiger partial charge in [-0.3, -0.25) is 4.90 Å². The highest BCUT2D eigenvalue weighted by atomic mass is 35.5. The number of halogens is 1. The molecule has 112 valence electrons. The Bertz CT molecular complexity index is 557. The first-order valence-electron chi connectivity index (χ1n) is 7.15. The van der Waals surface area contributed by atoms with Crippen LogP contribution in [0.2, 0.25) is 4.34 Å². The SMILES string of the molecule is Clc1snnc1CN(CCc1ccccc1)C1CCOC1. The van der Waals surface area contributed by atoms with Gasteiger partial charge in [0.15, 0.2) is 0 Å². The van der Waals surface area contributed by atoms with Crippen LogP contribution in [0.4, 0.5) is 0 Å². The van der Waals surface area contributed by atoms with Crippen molar-refractivity contribution in [1.29, 1.82) is 0 Å². The molecular weight excluding hydrogens is 306 g/mol. The Morgan fingerprint density at radius 1 is 1.33 bits per heavy atom. The average molecular weight is 324 g/mol. The third-order valence-corrected chi connectivity index (χ3v) is 4.80. The maximum atomic E-state index is 6.14. The molecule has 0 aliphatic carbocycles. The van der Waals surface area contributed by atoms with Crippen molar-refractivity contribution in [3.05, 3.63) is 45.9 Å². The van der Waals surface area contributed by atoms with Crippen molar-refractivity contribution < 1.29 is 4.74 Å². The molecule has 0 amide bonds. The maximum Gasteiger partial charge on any atom is 0.138 e. The van der Waals surface area contributed by atoms with Crippen molar-refractivity contribution >= 4 is 23.1 Å². The zero-order valence-electron chi connectivity index (χ0n) is 11.7. The smallest absolute Gasteiger partial charge is 0.138 e. The van der Waals surface area contributed by atoms with E-state index in [2.05, 4.69) is 38.8 Å². The third-order valence-electron chi connectivity index (χ3n) is 3.81. The summed E-state index contributed by atoms with van der Waals surface area (Å²) in [5.74, 6) is 0. The lowest BCUT2D eigenvalue weighted by atomic mass is 10.1. The minimum Gasteiger partial charge on any atom is -0.380 e. The molecule has 21 heavy (non-hydrogen) atoms. The Labute approximate surface area is 133 Å². The number of ether oxygens (including phenoxy) is 1. The van der Waals surface area contributed by atoms with Crippen LogP contribution in [0.5, 0.6) is 0 Å². The highest BCUT2D eigenvalue weighted by molar-refractivity contribution is 7.10. The molecule has 2 aromatic rings. The summed E-state index contributed by atoms with van der Waals surface area (Å²) < 4.78 is 10.1. The van der Waals surface area contributed by atoms with E-state index in [9.17, 15) is 0 Å². The lowest BCUT2D eigenvalue weighted by molar-refractivity contribution is 0.139. The fourth-order valence-corrected chi connectivity index (χ4v) is 3.21. The molecule has 1 fully saturated rings. The fraction of sp³-hybridized carbons (Fsp3) is 0.467. The zero-order valence-corrected chi connectivity index (χ0v) is 13.3. The third kappa shape index (κ3) is 4.01. The molecule has 4 nitrogen and oxygen atoms in total. The summed E-state index contributed by atoms with van der Waals surface area (Å²) in [6, 6.07) is 11.0. The van der Waals surface area contributed by atoms with Gasteiger partial charge in [0.25, 0.3) is 0 Å². The molecule has 1 aliphatic heterocycles. The summed E-state index contributed by atoms with van der Waals surface area (Å²) in [6.45, 7) is 3.36. The molecule has 3 rings (SSSR count). The van der Waals surface area contributed by atoms with Crippen molar-refractivity contribution in [2.45, 2.75) is 25.4 Å². The summed E-state index contributed by atoms with van der Waals surface area (Å²) in [6.07, 6.45) is 2.09. The first-order valence-corrected chi connectivity index (χ1v) is 8.30. The number of hydrogen-bond acceptors (Lipinski definition) is 5. The molecule has 0 saturated carbocycles. The summed E-state index contributed by atoms with van der Waals surface area (Å²) in [5, 5.41) is 4.14. The second kappa shape index (κ2) is 7.31. The van der Waals surface area contributed by atoms with Gasteiger partial charge in [0.1, 0.15) is 10.0 Å². The quantitative estimate of drug-likeness (QED) is 0.819. The van der Waals surface area contributed by atoms with E-state index in [-0.39, 0.29) is 0 Å². The van der Waals surface area contributed by atoms with E-state index in [1.807, 2.05) is 6.07 Å². The summed E-state index contributed by atoms with van der Waals surface area (Å²) in [7, 11) is 0. The largest absolute Gasteiger partial charge is 0.380 e. The topological polar surface area (TPSA) is 38.2 Å². The number of rotatable bonds is 6. The van der Waals surface area contributed by atoms with Crippen molar-refractivity contribution in [2.75, 3.05) is 19.8 Å². The summed E-state index contributed by atoms with van der Waals surface area (Å²) in [5.41, 5.74) is 2.23. The Morgan fingerprint density at radius 3 is 2.86 bits per heavy atom. The molecule has 1 aromatic heterocycles. The van der Waals surface area contributed by atoms with Gasteiger partial charge < -0.3 is 4.74 Å². The Hall–Kier alpha value is -1.01. The van der Waals surface area contributed by atoms with Gasteiger partial charge in [-0.2, -0.15) is 0 Å².